The van der Waals surface area contributed by atoms with Crippen LogP contribution in [-0.2, 0) is 9.53 Å². The number of hydrogen-bond acceptors (Lipinski definition) is 4. The molecule has 0 N–H and O–H groups in total. The first-order valence-electron chi connectivity index (χ1n) is 5.77. The summed E-state index contributed by atoms with van der Waals surface area (Å²) >= 11 is 0. The topological polar surface area (TPSA) is 55.8 Å². The lowest BCUT2D eigenvalue weighted by atomic mass is 10.1. The first kappa shape index (κ1) is 12.4. The molecule has 0 bridgehead atoms. The van der Waals surface area contributed by atoms with Crippen LogP contribution in [0, 0.1) is 0 Å². The third-order valence-electron chi connectivity index (χ3n) is 2.84. The molecule has 0 saturated heterocycles. The molecule has 2 rings (SSSR count). The van der Waals surface area contributed by atoms with Gasteiger partial charge in [0.05, 0.1) is 19.4 Å². The molecule has 0 spiro atoms. The summed E-state index contributed by atoms with van der Waals surface area (Å²) in [6.07, 6.45) is 0.731. The van der Waals surface area contributed by atoms with E-state index in [9.17, 15) is 9.59 Å². The number of nitrogens with zero attached hydrogens (tertiary/aromatic N) is 1. The fourth-order valence-corrected chi connectivity index (χ4v) is 2.00. The average molecular weight is 249 g/mol. The Morgan fingerprint density at radius 1 is 1.39 bits per heavy atom. The van der Waals surface area contributed by atoms with Crippen molar-refractivity contribution in [2.45, 2.75) is 13.3 Å². The lowest BCUT2D eigenvalue weighted by Crippen LogP contribution is -2.29. The lowest BCUT2D eigenvalue weighted by molar-refractivity contribution is -0.116. The van der Waals surface area contributed by atoms with Crippen molar-refractivity contribution in [2.24, 2.45) is 0 Å². The predicted molar refractivity (Wildman–Crippen MR) is 65.9 cm³/mol. The van der Waals surface area contributed by atoms with Gasteiger partial charge in [0.15, 0.2) is 5.75 Å². The van der Waals surface area contributed by atoms with Gasteiger partial charge in [0.25, 0.3) is 0 Å². The zero-order valence-corrected chi connectivity index (χ0v) is 10.4. The third-order valence-corrected chi connectivity index (χ3v) is 2.84. The summed E-state index contributed by atoms with van der Waals surface area (Å²) in [5.74, 6) is -0.0990. The predicted octanol–water partition coefficient (Wildman–Crippen LogP) is 1.61. The molecule has 0 saturated carbocycles. The number of carbonyl (C=O) groups excluding carboxylic acids is 2. The van der Waals surface area contributed by atoms with Gasteiger partial charge in [-0.25, -0.2) is 4.79 Å². The fraction of sp³-hybridized carbons (Fsp3) is 0.385. The van der Waals surface area contributed by atoms with Crippen LogP contribution < -0.4 is 9.64 Å². The standard InChI is InChI=1S/C13H15NO4/c1-9(15)14-7-4-8-18-12-10(13(16)17-2)5-3-6-11(12)14/h3,5-6H,4,7-8H2,1-2H3. The van der Waals surface area contributed by atoms with E-state index in [-0.39, 0.29) is 5.91 Å². The molecule has 1 aliphatic heterocycles. The molecule has 5 nitrogen and oxygen atoms in total. The Morgan fingerprint density at radius 2 is 2.17 bits per heavy atom. The molecule has 0 unspecified atom stereocenters. The number of carbonyl (C=O) groups is 2. The Hall–Kier alpha value is -2.04. The first-order chi connectivity index (χ1) is 8.65. The highest BCUT2D eigenvalue weighted by atomic mass is 16.5. The molecule has 0 aliphatic carbocycles. The summed E-state index contributed by atoms with van der Waals surface area (Å²) in [7, 11) is 1.32. The van der Waals surface area contributed by atoms with Crippen LogP contribution >= 0.6 is 0 Å². The van der Waals surface area contributed by atoms with Crippen LogP contribution in [-0.4, -0.2) is 32.1 Å². The number of benzene rings is 1. The molecule has 0 atom stereocenters. The Morgan fingerprint density at radius 3 is 2.83 bits per heavy atom. The van der Waals surface area contributed by atoms with E-state index in [1.165, 1.54) is 14.0 Å². The minimum absolute atomic E-state index is 0.0660. The van der Waals surface area contributed by atoms with Gasteiger partial charge in [-0.3, -0.25) is 4.79 Å². The number of fused-ring (bicyclic) bond motifs is 1. The van der Waals surface area contributed by atoms with Crippen molar-refractivity contribution in [1.29, 1.82) is 0 Å². The highest BCUT2D eigenvalue weighted by Gasteiger charge is 2.24. The van der Waals surface area contributed by atoms with Gasteiger partial charge in [0, 0.05) is 13.5 Å². The summed E-state index contributed by atoms with van der Waals surface area (Å²) in [4.78, 5) is 24.9. The maximum atomic E-state index is 11.7. The van der Waals surface area contributed by atoms with Crippen LogP contribution in [0.5, 0.6) is 5.75 Å². The van der Waals surface area contributed by atoms with Crippen LogP contribution in [0.25, 0.3) is 0 Å². The SMILES string of the molecule is COC(=O)c1cccc2c1OCCCN2C(C)=O. The second-order valence-corrected chi connectivity index (χ2v) is 4.02. The normalized spacial score (nSPS) is 14.2. The van der Waals surface area contributed by atoms with E-state index in [1.807, 2.05) is 0 Å². The number of esters is 1. The van der Waals surface area contributed by atoms with Gasteiger partial charge in [0.2, 0.25) is 5.91 Å². The Labute approximate surface area is 105 Å². The van der Waals surface area contributed by atoms with Crippen molar-refractivity contribution < 1.29 is 19.1 Å². The number of amides is 1. The quantitative estimate of drug-likeness (QED) is 0.709. The van der Waals surface area contributed by atoms with E-state index in [0.717, 1.165) is 6.42 Å². The average Bonchev–Trinajstić information content (AvgIpc) is 2.59. The molecule has 1 aromatic rings. The number of methoxy groups -OCH3 is 1. The first-order valence-corrected chi connectivity index (χ1v) is 5.77. The summed E-state index contributed by atoms with van der Waals surface area (Å²) < 4.78 is 10.3. The Bertz CT molecular complexity index is 484. The molecule has 96 valence electrons. The minimum Gasteiger partial charge on any atom is -0.490 e. The second kappa shape index (κ2) is 5.08. The molecule has 0 aromatic heterocycles. The molecule has 1 aromatic carbocycles. The number of anilines is 1. The van der Waals surface area contributed by atoms with Gasteiger partial charge in [-0.05, 0) is 18.6 Å². The zero-order chi connectivity index (χ0) is 13.1. The van der Waals surface area contributed by atoms with Crippen LogP contribution in [0.3, 0.4) is 0 Å². The molecular weight excluding hydrogens is 234 g/mol. The molecule has 1 amide bonds. The van der Waals surface area contributed by atoms with Crippen molar-refractivity contribution >= 4 is 17.6 Å². The molecule has 1 heterocycles. The summed E-state index contributed by atoms with van der Waals surface area (Å²) in [6.45, 7) is 2.57. The van der Waals surface area contributed by atoms with Crippen LogP contribution in [0.1, 0.15) is 23.7 Å². The molecule has 18 heavy (non-hydrogen) atoms. The maximum Gasteiger partial charge on any atom is 0.341 e. The molecule has 0 radical (unpaired) electrons. The molecule has 5 heteroatoms. The van der Waals surface area contributed by atoms with Gasteiger partial charge in [-0.1, -0.05) is 6.07 Å². The summed E-state index contributed by atoms with van der Waals surface area (Å²) in [6, 6.07) is 5.12. The number of rotatable bonds is 1. The van der Waals surface area contributed by atoms with Crippen molar-refractivity contribution in [3.05, 3.63) is 23.8 Å². The number of para-hydroxylation sites is 1. The van der Waals surface area contributed by atoms with Gasteiger partial charge >= 0.3 is 5.97 Å². The molecule has 0 fully saturated rings. The van der Waals surface area contributed by atoms with E-state index >= 15 is 0 Å². The van der Waals surface area contributed by atoms with E-state index < -0.39 is 5.97 Å². The van der Waals surface area contributed by atoms with Crippen molar-refractivity contribution in [2.75, 3.05) is 25.2 Å². The Kier molecular flexibility index (Phi) is 3.50. The van der Waals surface area contributed by atoms with Crippen LogP contribution in [0.2, 0.25) is 0 Å². The summed E-state index contributed by atoms with van der Waals surface area (Å²) in [5, 5.41) is 0. The van der Waals surface area contributed by atoms with Gasteiger partial charge < -0.3 is 14.4 Å². The number of hydrogen-bond donors (Lipinski definition) is 0. The molecular formula is C13H15NO4. The third kappa shape index (κ3) is 2.16. The second-order valence-electron chi connectivity index (χ2n) is 4.02. The maximum absolute atomic E-state index is 11.7. The monoisotopic (exact) mass is 249 g/mol. The highest BCUT2D eigenvalue weighted by molar-refractivity contribution is 5.99. The summed E-state index contributed by atoms with van der Waals surface area (Å²) in [5.41, 5.74) is 0.978. The van der Waals surface area contributed by atoms with Crippen molar-refractivity contribution in [1.82, 2.24) is 0 Å². The molecule has 1 aliphatic rings. The van der Waals surface area contributed by atoms with Crippen molar-refractivity contribution in [3.63, 3.8) is 0 Å². The lowest BCUT2D eigenvalue weighted by Gasteiger charge is -2.20. The van der Waals surface area contributed by atoms with Crippen LogP contribution in [0.4, 0.5) is 5.69 Å². The van der Waals surface area contributed by atoms with E-state index in [2.05, 4.69) is 0 Å². The van der Waals surface area contributed by atoms with Gasteiger partial charge in [-0.2, -0.15) is 0 Å². The Balaban J connectivity index is 2.53. The minimum atomic E-state index is -0.461. The highest BCUT2D eigenvalue weighted by Crippen LogP contribution is 2.34. The largest absolute Gasteiger partial charge is 0.490 e. The van der Waals surface area contributed by atoms with Crippen LogP contribution in [0.15, 0.2) is 18.2 Å². The van der Waals surface area contributed by atoms with Crippen molar-refractivity contribution in [3.8, 4) is 5.75 Å². The zero-order valence-electron chi connectivity index (χ0n) is 10.4. The van der Waals surface area contributed by atoms with E-state index in [0.29, 0.717) is 30.2 Å². The number of ether oxygens (including phenoxy) is 2. The smallest absolute Gasteiger partial charge is 0.341 e. The van der Waals surface area contributed by atoms with E-state index in [4.69, 9.17) is 9.47 Å². The van der Waals surface area contributed by atoms with Gasteiger partial charge in [0.1, 0.15) is 5.56 Å². The fourth-order valence-electron chi connectivity index (χ4n) is 2.00. The van der Waals surface area contributed by atoms with E-state index in [1.54, 1.807) is 23.1 Å². The van der Waals surface area contributed by atoms with Gasteiger partial charge in [-0.15, -0.1) is 0 Å².